The third-order valence-corrected chi connectivity index (χ3v) is 3.26. The van der Waals surface area contributed by atoms with E-state index in [4.69, 9.17) is 5.26 Å². The number of aryl methyl sites for hydroxylation is 1. The Balaban J connectivity index is 2.08. The van der Waals surface area contributed by atoms with E-state index in [-0.39, 0.29) is 0 Å². The summed E-state index contributed by atoms with van der Waals surface area (Å²) in [5.74, 6) is 0.788. The maximum Gasteiger partial charge on any atom is 0.230 e. The first-order valence-corrected chi connectivity index (χ1v) is 7.46. The van der Waals surface area contributed by atoms with Gasteiger partial charge in [-0.15, -0.1) is 4.99 Å². The van der Waals surface area contributed by atoms with E-state index >= 15 is 0 Å². The average Bonchev–Trinajstić information content (AvgIpc) is 2.51. The Labute approximate surface area is 136 Å². The highest BCUT2D eigenvalue weighted by Crippen LogP contribution is 2.16. The topological polar surface area (TPSA) is 89.2 Å². The van der Waals surface area contributed by atoms with Crippen molar-refractivity contribution < 1.29 is 0 Å². The summed E-state index contributed by atoms with van der Waals surface area (Å²) >= 11 is 0. The van der Waals surface area contributed by atoms with Crippen molar-refractivity contribution in [2.75, 3.05) is 32.5 Å². The molecule has 2 rings (SSSR count). The molecule has 0 radical (unpaired) electrons. The molecule has 0 aliphatic rings. The highest BCUT2D eigenvalue weighted by molar-refractivity contribution is 5.93. The molecule has 7 heteroatoms. The minimum absolute atomic E-state index is 0.362. The van der Waals surface area contributed by atoms with Crippen LogP contribution in [0.25, 0.3) is 10.9 Å². The standard InChI is InChI=1S/C16H21N7/c1-12-13-7-4-5-8-14(13)21-16(20-12)22-15(19-11-17)18-9-6-10-23(2)3/h4-5,7-8H,6,9-10H2,1-3H3,(H2,18,19,20,21,22). The highest BCUT2D eigenvalue weighted by atomic mass is 15.2. The summed E-state index contributed by atoms with van der Waals surface area (Å²) in [6, 6.07) is 7.81. The predicted octanol–water partition coefficient (Wildman–Crippen LogP) is 1.73. The van der Waals surface area contributed by atoms with Crippen molar-refractivity contribution in [2.24, 2.45) is 4.99 Å². The van der Waals surface area contributed by atoms with Crippen LogP contribution in [0.15, 0.2) is 29.3 Å². The average molecular weight is 311 g/mol. The Morgan fingerprint density at radius 1 is 1.30 bits per heavy atom. The molecule has 2 N–H and O–H groups in total. The van der Waals surface area contributed by atoms with Crippen molar-refractivity contribution >= 4 is 22.8 Å². The molecule has 23 heavy (non-hydrogen) atoms. The zero-order valence-corrected chi connectivity index (χ0v) is 13.7. The molecule has 120 valence electrons. The summed E-state index contributed by atoms with van der Waals surface area (Å²) in [4.78, 5) is 14.7. The van der Waals surface area contributed by atoms with Crippen LogP contribution in [0.2, 0.25) is 0 Å². The lowest BCUT2D eigenvalue weighted by Crippen LogP contribution is -2.33. The van der Waals surface area contributed by atoms with E-state index in [9.17, 15) is 0 Å². The number of hydrogen-bond acceptors (Lipinski definition) is 5. The van der Waals surface area contributed by atoms with Crippen LogP contribution < -0.4 is 10.6 Å². The smallest absolute Gasteiger partial charge is 0.230 e. The molecule has 0 amide bonds. The van der Waals surface area contributed by atoms with Crippen molar-refractivity contribution in [3.8, 4) is 6.19 Å². The molecule has 0 aliphatic carbocycles. The summed E-state index contributed by atoms with van der Waals surface area (Å²) in [5.41, 5.74) is 1.73. The van der Waals surface area contributed by atoms with Gasteiger partial charge in [-0.2, -0.15) is 5.26 Å². The van der Waals surface area contributed by atoms with Crippen LogP contribution in [-0.4, -0.2) is 48.0 Å². The molecule has 0 bridgehead atoms. The normalized spacial score (nSPS) is 11.5. The van der Waals surface area contributed by atoms with Gasteiger partial charge in [-0.05, 0) is 40.1 Å². The molecule has 0 fully saturated rings. The Bertz CT molecular complexity index is 731. The van der Waals surface area contributed by atoms with Crippen molar-refractivity contribution in [3.05, 3.63) is 30.0 Å². The van der Waals surface area contributed by atoms with E-state index in [0.717, 1.165) is 29.6 Å². The van der Waals surface area contributed by atoms with Crippen molar-refractivity contribution in [1.82, 2.24) is 20.2 Å². The fourth-order valence-electron chi connectivity index (χ4n) is 2.16. The van der Waals surface area contributed by atoms with Gasteiger partial charge in [0.25, 0.3) is 0 Å². The van der Waals surface area contributed by atoms with Crippen LogP contribution in [0, 0.1) is 18.4 Å². The lowest BCUT2D eigenvalue weighted by molar-refractivity contribution is 0.400. The molecule has 0 saturated heterocycles. The Morgan fingerprint density at radius 3 is 2.83 bits per heavy atom. The number of aliphatic imine (C=N–C) groups is 1. The molecule has 0 aliphatic heterocycles. The molecule has 0 spiro atoms. The minimum Gasteiger partial charge on any atom is -0.355 e. The third-order valence-electron chi connectivity index (χ3n) is 3.26. The van der Waals surface area contributed by atoms with Crippen LogP contribution in [0.4, 0.5) is 5.95 Å². The lowest BCUT2D eigenvalue weighted by atomic mass is 10.2. The van der Waals surface area contributed by atoms with E-state index in [1.54, 1.807) is 6.19 Å². The van der Waals surface area contributed by atoms with Gasteiger partial charge >= 0.3 is 0 Å². The van der Waals surface area contributed by atoms with Gasteiger partial charge < -0.3 is 10.2 Å². The molecule has 0 unspecified atom stereocenters. The van der Waals surface area contributed by atoms with Gasteiger partial charge in [-0.1, -0.05) is 18.2 Å². The molecule has 1 aromatic heterocycles. The molecule has 0 saturated carbocycles. The lowest BCUT2D eigenvalue weighted by Gasteiger charge is -2.13. The third kappa shape index (κ3) is 4.90. The number of guanidine groups is 1. The number of fused-ring (bicyclic) bond motifs is 1. The number of para-hydroxylation sites is 1. The quantitative estimate of drug-likeness (QED) is 0.378. The summed E-state index contributed by atoms with van der Waals surface area (Å²) < 4.78 is 0. The first-order valence-electron chi connectivity index (χ1n) is 7.46. The Kier molecular flexibility index (Phi) is 5.83. The van der Waals surface area contributed by atoms with Crippen LogP contribution in [0.3, 0.4) is 0 Å². The molecule has 1 heterocycles. The maximum atomic E-state index is 8.82. The van der Waals surface area contributed by atoms with Crippen LogP contribution >= 0.6 is 0 Å². The van der Waals surface area contributed by atoms with Gasteiger partial charge in [0.2, 0.25) is 18.1 Å². The molecule has 1 aromatic carbocycles. The van der Waals surface area contributed by atoms with Crippen LogP contribution in [-0.2, 0) is 0 Å². The van der Waals surface area contributed by atoms with Crippen molar-refractivity contribution in [2.45, 2.75) is 13.3 Å². The minimum atomic E-state index is 0.362. The van der Waals surface area contributed by atoms with Crippen LogP contribution in [0.5, 0.6) is 0 Å². The fraction of sp³-hybridized carbons (Fsp3) is 0.375. The second-order valence-electron chi connectivity index (χ2n) is 5.42. The van der Waals surface area contributed by atoms with E-state index < -0.39 is 0 Å². The maximum absolute atomic E-state index is 8.82. The van der Waals surface area contributed by atoms with Gasteiger partial charge in [-0.3, -0.25) is 5.32 Å². The summed E-state index contributed by atoms with van der Waals surface area (Å²) in [5, 5.41) is 15.9. The Morgan fingerprint density at radius 2 is 2.09 bits per heavy atom. The molecule has 7 nitrogen and oxygen atoms in total. The summed E-state index contributed by atoms with van der Waals surface area (Å²) in [7, 11) is 4.04. The number of hydrogen-bond donors (Lipinski definition) is 2. The molecular formula is C16H21N7. The largest absolute Gasteiger partial charge is 0.355 e. The Hall–Kier alpha value is -2.72. The monoisotopic (exact) mass is 311 g/mol. The molecule has 2 aromatic rings. The van der Waals surface area contributed by atoms with Gasteiger partial charge in [-0.25, -0.2) is 9.97 Å². The predicted molar refractivity (Wildman–Crippen MR) is 92.1 cm³/mol. The number of anilines is 1. The van der Waals surface area contributed by atoms with Crippen molar-refractivity contribution in [1.29, 1.82) is 5.26 Å². The second-order valence-corrected chi connectivity index (χ2v) is 5.42. The van der Waals surface area contributed by atoms with Crippen molar-refractivity contribution in [3.63, 3.8) is 0 Å². The van der Waals surface area contributed by atoms with Gasteiger partial charge in [0, 0.05) is 11.9 Å². The van der Waals surface area contributed by atoms with Gasteiger partial charge in [0.1, 0.15) is 0 Å². The van der Waals surface area contributed by atoms with E-state index in [2.05, 4.69) is 30.5 Å². The van der Waals surface area contributed by atoms with E-state index in [1.807, 2.05) is 45.3 Å². The SMILES string of the molecule is Cc1nc(N/C(=N/C#N)NCCCN(C)C)nc2ccccc12. The molecular weight excluding hydrogens is 290 g/mol. The number of rotatable bonds is 5. The summed E-state index contributed by atoms with van der Waals surface area (Å²) in [6.45, 7) is 3.59. The van der Waals surface area contributed by atoms with Gasteiger partial charge in [0.05, 0.1) is 11.2 Å². The first-order chi connectivity index (χ1) is 11.1. The molecule has 0 atom stereocenters. The fourth-order valence-corrected chi connectivity index (χ4v) is 2.16. The number of nitriles is 1. The summed E-state index contributed by atoms with van der Waals surface area (Å²) in [6.07, 6.45) is 2.73. The second kappa shape index (κ2) is 8.06. The zero-order valence-electron chi connectivity index (χ0n) is 13.7. The highest BCUT2D eigenvalue weighted by Gasteiger charge is 2.06. The van der Waals surface area contributed by atoms with Crippen LogP contribution in [0.1, 0.15) is 12.1 Å². The zero-order chi connectivity index (χ0) is 16.7. The number of benzene rings is 1. The van der Waals surface area contributed by atoms with Gasteiger partial charge in [0.15, 0.2) is 0 Å². The van der Waals surface area contributed by atoms with E-state index in [1.165, 1.54) is 0 Å². The first kappa shape index (κ1) is 16.6. The number of aromatic nitrogens is 2. The number of nitrogens with one attached hydrogen (secondary N) is 2. The van der Waals surface area contributed by atoms with E-state index in [0.29, 0.717) is 18.5 Å². The number of nitrogens with zero attached hydrogens (tertiary/aromatic N) is 5.